The molecule has 2 heterocycles. The van der Waals surface area contributed by atoms with E-state index < -0.39 is 0 Å². The van der Waals surface area contributed by atoms with Crippen LogP contribution >= 0.6 is 11.8 Å². The molecule has 2 aromatic rings. The van der Waals surface area contributed by atoms with Crippen molar-refractivity contribution >= 4 is 17.7 Å². The maximum Gasteiger partial charge on any atom is 0.232 e. The first kappa shape index (κ1) is 17.0. The predicted molar refractivity (Wildman–Crippen MR) is 96.8 cm³/mol. The molecule has 0 spiro atoms. The number of hydrogen-bond acceptors (Lipinski definition) is 5. The molecule has 1 saturated heterocycles. The lowest BCUT2D eigenvalue weighted by atomic mass is 10.1. The number of benzene rings is 1. The molecule has 1 aromatic heterocycles. The molecule has 1 amide bonds. The molecular formula is C18H23N3O2S. The number of likely N-dealkylation sites (N-methyl/N-ethyl adjacent to an activating group) is 1. The molecule has 24 heavy (non-hydrogen) atoms. The second-order valence-corrected chi connectivity index (χ2v) is 6.96. The van der Waals surface area contributed by atoms with E-state index in [9.17, 15) is 4.79 Å². The molecule has 1 aromatic carbocycles. The van der Waals surface area contributed by atoms with Crippen LogP contribution in [0.1, 0.15) is 18.5 Å². The number of aromatic nitrogens is 1. The summed E-state index contributed by atoms with van der Waals surface area (Å²) in [4.78, 5) is 18.8. The Kier molecular flexibility index (Phi) is 5.93. The summed E-state index contributed by atoms with van der Waals surface area (Å²) in [6.45, 7) is 1.69. The Balaban J connectivity index is 1.46. The predicted octanol–water partition coefficient (Wildman–Crippen LogP) is 2.79. The van der Waals surface area contributed by atoms with Gasteiger partial charge in [-0.15, -0.1) is 11.8 Å². The SMILES string of the molecule is CNC1CCCN(C(=O)CSCc2coc(-c3ccccc3)n2)C1. The quantitative estimate of drug-likeness (QED) is 0.872. The topological polar surface area (TPSA) is 58.4 Å². The monoisotopic (exact) mass is 345 g/mol. The zero-order valence-corrected chi connectivity index (χ0v) is 14.7. The van der Waals surface area contributed by atoms with E-state index in [2.05, 4.69) is 10.3 Å². The summed E-state index contributed by atoms with van der Waals surface area (Å²) in [6.07, 6.45) is 3.90. The van der Waals surface area contributed by atoms with Crippen molar-refractivity contribution < 1.29 is 9.21 Å². The van der Waals surface area contributed by atoms with Crippen LogP contribution in [0.2, 0.25) is 0 Å². The van der Waals surface area contributed by atoms with Gasteiger partial charge in [0.2, 0.25) is 11.8 Å². The molecule has 1 aliphatic rings. The van der Waals surface area contributed by atoms with Gasteiger partial charge >= 0.3 is 0 Å². The first-order chi connectivity index (χ1) is 11.8. The Morgan fingerprint density at radius 2 is 2.25 bits per heavy atom. The smallest absolute Gasteiger partial charge is 0.232 e. The minimum absolute atomic E-state index is 0.215. The summed E-state index contributed by atoms with van der Waals surface area (Å²) >= 11 is 1.59. The largest absolute Gasteiger partial charge is 0.444 e. The van der Waals surface area contributed by atoms with E-state index >= 15 is 0 Å². The third-order valence-corrected chi connectivity index (χ3v) is 5.18. The first-order valence-electron chi connectivity index (χ1n) is 8.29. The van der Waals surface area contributed by atoms with Gasteiger partial charge < -0.3 is 14.6 Å². The molecule has 128 valence electrons. The van der Waals surface area contributed by atoms with Crippen molar-refractivity contribution in [1.82, 2.24) is 15.2 Å². The molecule has 1 fully saturated rings. The Bertz CT molecular complexity index is 659. The van der Waals surface area contributed by atoms with E-state index in [0.29, 0.717) is 23.4 Å². The molecule has 1 N–H and O–H groups in total. The van der Waals surface area contributed by atoms with Crippen molar-refractivity contribution in [2.45, 2.75) is 24.6 Å². The fraction of sp³-hybridized carbons (Fsp3) is 0.444. The number of carbonyl (C=O) groups excluding carboxylic acids is 1. The Labute approximate surface area is 146 Å². The van der Waals surface area contributed by atoms with Gasteiger partial charge in [-0.05, 0) is 32.0 Å². The fourth-order valence-corrected chi connectivity index (χ4v) is 3.66. The zero-order chi connectivity index (χ0) is 16.8. The number of piperidine rings is 1. The van der Waals surface area contributed by atoms with Gasteiger partial charge in [-0.1, -0.05) is 18.2 Å². The van der Waals surface area contributed by atoms with Crippen LogP contribution < -0.4 is 5.32 Å². The highest BCUT2D eigenvalue weighted by molar-refractivity contribution is 7.99. The summed E-state index contributed by atoms with van der Waals surface area (Å²) < 4.78 is 5.53. The van der Waals surface area contributed by atoms with Crippen LogP contribution in [0.15, 0.2) is 41.0 Å². The highest BCUT2D eigenvalue weighted by atomic mass is 32.2. The van der Waals surface area contributed by atoms with Crippen molar-refractivity contribution in [2.75, 3.05) is 25.9 Å². The van der Waals surface area contributed by atoms with E-state index in [4.69, 9.17) is 4.42 Å². The lowest BCUT2D eigenvalue weighted by molar-refractivity contribution is -0.129. The van der Waals surface area contributed by atoms with Crippen molar-refractivity contribution in [2.24, 2.45) is 0 Å². The lowest BCUT2D eigenvalue weighted by Gasteiger charge is -2.32. The van der Waals surface area contributed by atoms with Crippen LogP contribution in [0.25, 0.3) is 11.5 Å². The van der Waals surface area contributed by atoms with Crippen LogP contribution in [0.5, 0.6) is 0 Å². The average molecular weight is 345 g/mol. The van der Waals surface area contributed by atoms with Crippen LogP contribution in [-0.2, 0) is 10.5 Å². The maximum absolute atomic E-state index is 12.3. The number of nitrogens with one attached hydrogen (secondary N) is 1. The standard InChI is InChI=1S/C18H23N3O2S/c1-19-15-8-5-9-21(10-15)17(22)13-24-12-16-11-23-18(20-16)14-6-3-2-4-7-14/h2-4,6-7,11,15,19H,5,8-10,12-13H2,1H3. The van der Waals surface area contributed by atoms with E-state index in [-0.39, 0.29) is 5.91 Å². The lowest BCUT2D eigenvalue weighted by Crippen LogP contribution is -2.47. The highest BCUT2D eigenvalue weighted by Gasteiger charge is 2.22. The Hall–Kier alpha value is -1.79. The molecule has 1 unspecified atom stereocenters. The van der Waals surface area contributed by atoms with Crippen LogP contribution in [0, 0.1) is 0 Å². The second kappa shape index (κ2) is 8.35. The molecule has 3 rings (SSSR count). The molecule has 0 bridgehead atoms. The number of nitrogens with zero attached hydrogens (tertiary/aromatic N) is 2. The summed E-state index contributed by atoms with van der Waals surface area (Å²) in [5.41, 5.74) is 1.84. The fourth-order valence-electron chi connectivity index (χ4n) is 2.86. The van der Waals surface area contributed by atoms with Crippen LogP contribution in [0.3, 0.4) is 0 Å². The van der Waals surface area contributed by atoms with Crippen LogP contribution in [-0.4, -0.2) is 47.7 Å². The highest BCUT2D eigenvalue weighted by Crippen LogP contribution is 2.21. The number of hydrogen-bond donors (Lipinski definition) is 1. The minimum atomic E-state index is 0.215. The third kappa shape index (κ3) is 4.39. The summed E-state index contributed by atoms with van der Waals surface area (Å²) in [6, 6.07) is 10.3. The Morgan fingerprint density at radius 1 is 1.42 bits per heavy atom. The van der Waals surface area contributed by atoms with Gasteiger partial charge in [-0.25, -0.2) is 4.98 Å². The number of rotatable bonds is 6. The molecule has 0 aliphatic carbocycles. The number of oxazole rings is 1. The van der Waals surface area contributed by atoms with Gasteiger partial charge in [0.25, 0.3) is 0 Å². The third-order valence-electron chi connectivity index (χ3n) is 4.23. The molecule has 5 nitrogen and oxygen atoms in total. The second-order valence-electron chi connectivity index (χ2n) is 5.97. The molecule has 1 atom stereocenters. The van der Waals surface area contributed by atoms with Crippen molar-refractivity contribution in [3.8, 4) is 11.5 Å². The van der Waals surface area contributed by atoms with E-state index in [1.165, 1.54) is 0 Å². The molecule has 1 aliphatic heterocycles. The number of amides is 1. The molecular weight excluding hydrogens is 322 g/mol. The van der Waals surface area contributed by atoms with Crippen molar-refractivity contribution in [1.29, 1.82) is 0 Å². The maximum atomic E-state index is 12.3. The first-order valence-corrected chi connectivity index (χ1v) is 9.44. The summed E-state index contributed by atoms with van der Waals surface area (Å²) in [5, 5.41) is 3.27. The number of likely N-dealkylation sites (tertiary alicyclic amines) is 1. The molecule has 6 heteroatoms. The minimum Gasteiger partial charge on any atom is -0.444 e. The van der Waals surface area contributed by atoms with Gasteiger partial charge in [-0.2, -0.15) is 0 Å². The zero-order valence-electron chi connectivity index (χ0n) is 13.9. The van der Waals surface area contributed by atoms with Crippen LogP contribution in [0.4, 0.5) is 0 Å². The van der Waals surface area contributed by atoms with Crippen molar-refractivity contribution in [3.63, 3.8) is 0 Å². The van der Waals surface area contributed by atoms with Gasteiger partial charge in [0.1, 0.15) is 6.26 Å². The van der Waals surface area contributed by atoms with E-state index in [1.54, 1.807) is 18.0 Å². The summed E-state index contributed by atoms with van der Waals surface area (Å²) in [5.74, 6) is 2.02. The average Bonchev–Trinajstić information content (AvgIpc) is 3.11. The normalized spacial score (nSPS) is 17.9. The molecule has 0 saturated carbocycles. The summed E-state index contributed by atoms with van der Waals surface area (Å²) in [7, 11) is 1.96. The number of thioether (sulfide) groups is 1. The van der Waals surface area contributed by atoms with Gasteiger partial charge in [-0.3, -0.25) is 4.79 Å². The van der Waals surface area contributed by atoms with Gasteiger partial charge in [0, 0.05) is 30.4 Å². The van der Waals surface area contributed by atoms with Crippen molar-refractivity contribution in [3.05, 3.63) is 42.3 Å². The van der Waals surface area contributed by atoms with E-state index in [1.807, 2.05) is 42.3 Å². The van der Waals surface area contributed by atoms with Gasteiger partial charge in [0.15, 0.2) is 0 Å². The Morgan fingerprint density at radius 3 is 3.04 bits per heavy atom. The van der Waals surface area contributed by atoms with Gasteiger partial charge in [0.05, 0.1) is 11.4 Å². The van der Waals surface area contributed by atoms with E-state index in [0.717, 1.165) is 37.2 Å². The number of carbonyl (C=O) groups is 1. The molecule has 0 radical (unpaired) electrons.